The first kappa shape index (κ1) is 24.2. The van der Waals surface area contributed by atoms with Crippen LogP contribution in [-0.4, -0.2) is 25.8 Å². The molecule has 1 amide bonds. The molecule has 0 fully saturated rings. The predicted molar refractivity (Wildman–Crippen MR) is 149 cm³/mol. The van der Waals surface area contributed by atoms with Gasteiger partial charge in [0.2, 0.25) is 0 Å². The minimum atomic E-state index is -1.35. The maximum absolute atomic E-state index is 15.5. The molecule has 4 nitrogen and oxygen atoms in total. The number of allylic oxidation sites excluding steroid dienone is 1. The summed E-state index contributed by atoms with van der Waals surface area (Å²) < 4.78 is 24.5. The Bertz CT molecular complexity index is 1470. The Labute approximate surface area is 218 Å². The summed E-state index contributed by atoms with van der Waals surface area (Å²) in [5.41, 5.74) is 4.14. The van der Waals surface area contributed by atoms with Crippen LogP contribution in [0.1, 0.15) is 29.8 Å². The molecular formula is C32H29FN2O2. The minimum Gasteiger partial charge on any atom is -0.378 e. The molecule has 5 heteroatoms. The molecule has 0 aliphatic heterocycles. The van der Waals surface area contributed by atoms with Crippen LogP contribution in [0.25, 0.3) is 17.2 Å². The smallest absolute Gasteiger partial charge is 0.258 e. The van der Waals surface area contributed by atoms with E-state index in [0.717, 1.165) is 11.3 Å². The van der Waals surface area contributed by atoms with E-state index in [4.69, 9.17) is 1.37 Å². The van der Waals surface area contributed by atoms with Crippen LogP contribution in [0, 0.1) is 5.82 Å². The van der Waals surface area contributed by atoms with Crippen molar-refractivity contribution in [1.82, 2.24) is 0 Å². The molecule has 0 bridgehead atoms. The van der Waals surface area contributed by atoms with Crippen LogP contribution in [0.3, 0.4) is 0 Å². The van der Waals surface area contributed by atoms with Gasteiger partial charge in [-0.05, 0) is 72.2 Å². The van der Waals surface area contributed by atoms with Crippen molar-refractivity contribution in [2.45, 2.75) is 13.4 Å². The number of ketones is 1. The molecular weight excluding hydrogens is 463 g/mol. The summed E-state index contributed by atoms with van der Waals surface area (Å²) in [6.07, 6.45) is 3.08. The Kier molecular flexibility index (Phi) is 7.51. The van der Waals surface area contributed by atoms with Crippen LogP contribution < -0.4 is 9.80 Å². The Morgan fingerprint density at radius 2 is 1.54 bits per heavy atom. The summed E-state index contributed by atoms with van der Waals surface area (Å²) in [5, 5.41) is 0. The highest BCUT2D eigenvalue weighted by Gasteiger charge is 2.20. The van der Waals surface area contributed by atoms with Gasteiger partial charge in [-0.25, -0.2) is 4.39 Å². The third-order valence-corrected chi connectivity index (χ3v) is 5.88. The van der Waals surface area contributed by atoms with Gasteiger partial charge in [-0.15, -0.1) is 0 Å². The van der Waals surface area contributed by atoms with Crippen molar-refractivity contribution in [3.8, 4) is 11.1 Å². The molecule has 4 aromatic rings. The van der Waals surface area contributed by atoms with Crippen LogP contribution in [0.4, 0.5) is 15.8 Å². The molecule has 0 radical (unpaired) electrons. The lowest BCUT2D eigenvalue weighted by Gasteiger charge is -2.24. The zero-order valence-electron chi connectivity index (χ0n) is 22.1. The Balaban J connectivity index is 1.73. The van der Waals surface area contributed by atoms with Crippen molar-refractivity contribution in [3.63, 3.8) is 0 Å². The molecule has 0 aromatic heterocycles. The van der Waals surface area contributed by atoms with Gasteiger partial charge in [0.25, 0.3) is 5.91 Å². The third-order valence-electron chi connectivity index (χ3n) is 5.88. The second-order valence-corrected chi connectivity index (χ2v) is 8.89. The van der Waals surface area contributed by atoms with Crippen molar-refractivity contribution in [1.29, 1.82) is 0 Å². The quantitative estimate of drug-likeness (QED) is 0.248. The summed E-state index contributed by atoms with van der Waals surface area (Å²) in [5.74, 6) is -1.11. The summed E-state index contributed by atoms with van der Waals surface area (Å²) in [6.45, 7) is 0.106. The second-order valence-electron chi connectivity index (χ2n) is 8.89. The molecule has 186 valence electrons. The Hall–Kier alpha value is -4.51. The average molecular weight is 494 g/mol. The molecule has 37 heavy (non-hydrogen) atoms. The number of amides is 1. The molecule has 0 N–H and O–H groups in total. The molecule has 0 saturated carbocycles. The van der Waals surface area contributed by atoms with Crippen LogP contribution in [-0.2, 0) is 11.3 Å². The van der Waals surface area contributed by atoms with Gasteiger partial charge in [-0.3, -0.25) is 9.59 Å². The molecule has 0 spiro atoms. The lowest BCUT2D eigenvalue weighted by molar-refractivity contribution is -0.112. The van der Waals surface area contributed by atoms with E-state index in [9.17, 15) is 9.59 Å². The van der Waals surface area contributed by atoms with Gasteiger partial charge in [0.05, 0.1) is 7.89 Å². The number of benzene rings is 4. The van der Waals surface area contributed by atoms with E-state index in [1.807, 2.05) is 43.3 Å². The van der Waals surface area contributed by atoms with Crippen molar-refractivity contribution in [2.24, 2.45) is 0 Å². The van der Waals surface area contributed by atoms with Crippen molar-refractivity contribution >= 4 is 29.1 Å². The van der Waals surface area contributed by atoms with E-state index < -0.39 is 18.2 Å². The van der Waals surface area contributed by atoms with Crippen LogP contribution >= 0.6 is 0 Å². The SMILES string of the molecule is [2H]C(c1ccc(-c2ccc(N(C)C)cc2)cc1F)N(C(=O)c1ccccc1)c1cccc(/C=C/C(C)=O)c1. The fourth-order valence-electron chi connectivity index (χ4n) is 3.86. The summed E-state index contributed by atoms with van der Waals surface area (Å²) in [6, 6.07) is 28.1. The zero-order valence-corrected chi connectivity index (χ0v) is 21.1. The Morgan fingerprint density at radius 3 is 2.19 bits per heavy atom. The second kappa shape index (κ2) is 11.5. The molecule has 4 aromatic carbocycles. The number of anilines is 2. The molecule has 0 heterocycles. The number of hydrogen-bond acceptors (Lipinski definition) is 3. The third kappa shape index (κ3) is 6.39. The lowest BCUT2D eigenvalue weighted by atomic mass is 10.0. The highest BCUT2D eigenvalue weighted by molar-refractivity contribution is 6.06. The van der Waals surface area contributed by atoms with Crippen LogP contribution in [0.5, 0.6) is 0 Å². The standard InChI is InChI=1S/C32H29FN2O2/c1-23(36)12-13-24-8-7-11-30(20-24)35(32(37)26-9-5-4-6-10-26)22-28-15-14-27(21-31(28)33)25-16-18-29(19-17-25)34(2)3/h4-21H,22H2,1-3H3/b13-12+/i22D. The topological polar surface area (TPSA) is 40.6 Å². The molecule has 1 unspecified atom stereocenters. The lowest BCUT2D eigenvalue weighted by Crippen LogP contribution is -2.30. The largest absolute Gasteiger partial charge is 0.378 e. The Morgan fingerprint density at radius 1 is 0.838 bits per heavy atom. The summed E-state index contributed by atoms with van der Waals surface area (Å²) in [4.78, 5) is 28.3. The maximum Gasteiger partial charge on any atom is 0.258 e. The first-order valence-electron chi connectivity index (χ1n) is 12.5. The van der Waals surface area contributed by atoms with Crippen molar-refractivity contribution < 1.29 is 15.4 Å². The number of rotatable bonds is 8. The van der Waals surface area contributed by atoms with Crippen molar-refractivity contribution in [2.75, 3.05) is 23.9 Å². The highest BCUT2D eigenvalue weighted by Crippen LogP contribution is 2.27. The fraction of sp³-hybridized carbons (Fsp3) is 0.125. The van der Waals surface area contributed by atoms with Crippen molar-refractivity contribution in [3.05, 3.63) is 126 Å². The average Bonchev–Trinajstić information content (AvgIpc) is 2.92. The predicted octanol–water partition coefficient (Wildman–Crippen LogP) is 7.01. The first-order valence-corrected chi connectivity index (χ1v) is 11.9. The molecule has 0 aliphatic rings. The van der Waals surface area contributed by atoms with Crippen LogP contribution in [0.15, 0.2) is 103 Å². The number of carbonyl (C=O) groups is 2. The summed E-state index contributed by atoms with van der Waals surface area (Å²) in [7, 11) is 3.91. The van der Waals surface area contributed by atoms with E-state index in [2.05, 4.69) is 0 Å². The monoisotopic (exact) mass is 493 g/mol. The number of carbonyl (C=O) groups excluding carboxylic acids is 2. The van der Waals surface area contributed by atoms with Crippen LogP contribution in [0.2, 0.25) is 0 Å². The van der Waals surface area contributed by atoms with Gasteiger partial charge < -0.3 is 9.80 Å². The minimum absolute atomic E-state index is 0.0765. The first-order chi connectivity index (χ1) is 18.2. The van der Waals surface area contributed by atoms with E-state index in [-0.39, 0.29) is 11.3 Å². The van der Waals surface area contributed by atoms with Gasteiger partial charge in [0.1, 0.15) is 5.82 Å². The number of halogens is 1. The molecule has 0 saturated heterocycles. The zero-order chi connectivity index (χ0) is 27.2. The van der Waals surface area contributed by atoms with E-state index in [1.54, 1.807) is 72.8 Å². The molecule has 4 rings (SSSR count). The maximum atomic E-state index is 15.5. The van der Waals surface area contributed by atoms with E-state index in [0.29, 0.717) is 22.4 Å². The van der Waals surface area contributed by atoms with E-state index >= 15 is 4.39 Å². The normalized spacial score (nSPS) is 12.2. The van der Waals surface area contributed by atoms with Gasteiger partial charge in [0, 0.05) is 36.6 Å². The van der Waals surface area contributed by atoms with Gasteiger partial charge in [-0.1, -0.05) is 60.7 Å². The number of hydrogen-bond donors (Lipinski definition) is 0. The van der Waals surface area contributed by atoms with E-state index in [1.165, 1.54) is 24.0 Å². The van der Waals surface area contributed by atoms with Gasteiger partial charge in [-0.2, -0.15) is 0 Å². The van der Waals surface area contributed by atoms with Gasteiger partial charge in [0.15, 0.2) is 5.78 Å². The molecule has 1 atom stereocenters. The highest BCUT2D eigenvalue weighted by atomic mass is 19.1. The number of nitrogens with zero attached hydrogens (tertiary/aromatic N) is 2. The summed E-state index contributed by atoms with van der Waals surface area (Å²) >= 11 is 0. The fourth-order valence-corrected chi connectivity index (χ4v) is 3.86. The molecule has 0 aliphatic carbocycles. The van der Waals surface area contributed by atoms with Gasteiger partial charge >= 0.3 is 0 Å².